The largest absolute Gasteiger partial charge is 0.325 e. The standard InChI is InChI=1S/C16H11ClFN5O/c17-11-2-1-3-12(18)15(11)16(24)22-10-4-7-20-14(8-10)23-13-5-6-19-9-21-13/h1-9H,(H2,19,20,21,22,23,24). The van der Waals surface area contributed by atoms with Crippen LogP contribution in [0.4, 0.5) is 21.7 Å². The Balaban J connectivity index is 1.78. The molecule has 0 spiro atoms. The fourth-order valence-corrected chi connectivity index (χ4v) is 2.23. The topological polar surface area (TPSA) is 79.8 Å². The van der Waals surface area contributed by atoms with Crippen LogP contribution in [0, 0.1) is 5.82 Å². The zero-order valence-electron chi connectivity index (χ0n) is 12.2. The number of amides is 1. The molecular weight excluding hydrogens is 333 g/mol. The van der Waals surface area contributed by atoms with Gasteiger partial charge in [-0.3, -0.25) is 4.79 Å². The number of nitrogens with one attached hydrogen (secondary N) is 2. The molecule has 1 amide bonds. The quantitative estimate of drug-likeness (QED) is 0.755. The van der Waals surface area contributed by atoms with E-state index in [1.54, 1.807) is 24.4 Å². The number of benzene rings is 1. The molecule has 2 N–H and O–H groups in total. The molecule has 0 fully saturated rings. The summed E-state index contributed by atoms with van der Waals surface area (Å²) in [5.41, 5.74) is 0.229. The normalized spacial score (nSPS) is 10.2. The zero-order valence-corrected chi connectivity index (χ0v) is 13.0. The fraction of sp³-hybridized carbons (Fsp3) is 0. The molecule has 1 aromatic carbocycles. The summed E-state index contributed by atoms with van der Waals surface area (Å²) in [5.74, 6) is -0.310. The maximum Gasteiger partial charge on any atom is 0.260 e. The number of hydrogen-bond donors (Lipinski definition) is 2. The van der Waals surface area contributed by atoms with Crippen LogP contribution < -0.4 is 10.6 Å². The molecule has 0 radical (unpaired) electrons. The van der Waals surface area contributed by atoms with Gasteiger partial charge < -0.3 is 10.6 Å². The number of pyridine rings is 1. The minimum Gasteiger partial charge on any atom is -0.325 e. The van der Waals surface area contributed by atoms with Crippen LogP contribution in [0.2, 0.25) is 5.02 Å². The van der Waals surface area contributed by atoms with E-state index in [1.807, 2.05) is 0 Å². The highest BCUT2D eigenvalue weighted by Gasteiger charge is 2.16. The number of rotatable bonds is 4. The summed E-state index contributed by atoms with van der Waals surface area (Å²) >= 11 is 5.89. The third kappa shape index (κ3) is 3.64. The van der Waals surface area contributed by atoms with Gasteiger partial charge in [0.2, 0.25) is 0 Å². The molecule has 0 atom stereocenters. The Morgan fingerprint density at radius 3 is 2.71 bits per heavy atom. The van der Waals surface area contributed by atoms with Gasteiger partial charge in [-0.2, -0.15) is 0 Å². The van der Waals surface area contributed by atoms with Crippen molar-refractivity contribution in [2.75, 3.05) is 10.6 Å². The monoisotopic (exact) mass is 343 g/mol. The summed E-state index contributed by atoms with van der Waals surface area (Å²) in [6, 6.07) is 8.91. The van der Waals surface area contributed by atoms with Gasteiger partial charge in [0.25, 0.3) is 5.91 Å². The molecule has 24 heavy (non-hydrogen) atoms. The van der Waals surface area contributed by atoms with Crippen LogP contribution in [0.1, 0.15) is 10.4 Å². The lowest BCUT2D eigenvalue weighted by Crippen LogP contribution is -2.14. The van der Waals surface area contributed by atoms with E-state index in [2.05, 4.69) is 25.6 Å². The number of halogens is 2. The molecule has 0 aliphatic rings. The van der Waals surface area contributed by atoms with Crippen LogP contribution in [-0.4, -0.2) is 20.9 Å². The second-order valence-electron chi connectivity index (χ2n) is 4.70. The van der Waals surface area contributed by atoms with E-state index in [0.717, 1.165) is 0 Å². The third-order valence-corrected chi connectivity index (χ3v) is 3.36. The fourth-order valence-electron chi connectivity index (χ4n) is 1.98. The van der Waals surface area contributed by atoms with Crippen molar-refractivity contribution in [1.82, 2.24) is 15.0 Å². The van der Waals surface area contributed by atoms with Crippen molar-refractivity contribution >= 4 is 34.8 Å². The van der Waals surface area contributed by atoms with E-state index in [9.17, 15) is 9.18 Å². The van der Waals surface area contributed by atoms with Crippen LogP contribution in [0.3, 0.4) is 0 Å². The predicted octanol–water partition coefficient (Wildman–Crippen LogP) is 3.66. The summed E-state index contributed by atoms with van der Waals surface area (Å²) < 4.78 is 13.8. The summed E-state index contributed by atoms with van der Waals surface area (Å²) in [4.78, 5) is 24.2. The number of nitrogens with zero attached hydrogens (tertiary/aromatic N) is 3. The zero-order chi connectivity index (χ0) is 16.9. The van der Waals surface area contributed by atoms with Gasteiger partial charge in [0.1, 0.15) is 23.8 Å². The molecule has 2 heterocycles. The first kappa shape index (κ1) is 15.8. The van der Waals surface area contributed by atoms with Crippen molar-refractivity contribution in [3.05, 3.63) is 71.5 Å². The van der Waals surface area contributed by atoms with Crippen LogP contribution in [0.15, 0.2) is 55.1 Å². The Hall–Kier alpha value is -3.06. The van der Waals surface area contributed by atoms with Gasteiger partial charge in [-0.1, -0.05) is 17.7 Å². The molecule has 2 aromatic heterocycles. The molecule has 3 aromatic rings. The molecular formula is C16H11ClFN5O. The van der Waals surface area contributed by atoms with Crippen molar-refractivity contribution < 1.29 is 9.18 Å². The van der Waals surface area contributed by atoms with Gasteiger partial charge >= 0.3 is 0 Å². The molecule has 0 unspecified atom stereocenters. The first-order valence-corrected chi connectivity index (χ1v) is 7.26. The van der Waals surface area contributed by atoms with Crippen molar-refractivity contribution in [3.8, 4) is 0 Å². The third-order valence-electron chi connectivity index (χ3n) is 3.05. The second-order valence-corrected chi connectivity index (χ2v) is 5.11. The van der Waals surface area contributed by atoms with E-state index in [4.69, 9.17) is 11.6 Å². The molecule has 0 saturated carbocycles. The highest BCUT2D eigenvalue weighted by atomic mass is 35.5. The first-order valence-electron chi connectivity index (χ1n) is 6.88. The van der Waals surface area contributed by atoms with Gasteiger partial charge in [-0.25, -0.2) is 19.3 Å². The van der Waals surface area contributed by atoms with E-state index >= 15 is 0 Å². The number of anilines is 3. The maximum absolute atomic E-state index is 13.8. The van der Waals surface area contributed by atoms with Gasteiger partial charge in [-0.05, 0) is 24.3 Å². The number of carbonyl (C=O) groups is 1. The van der Waals surface area contributed by atoms with Crippen LogP contribution in [-0.2, 0) is 0 Å². The first-order chi connectivity index (χ1) is 11.6. The Morgan fingerprint density at radius 1 is 1.08 bits per heavy atom. The number of hydrogen-bond acceptors (Lipinski definition) is 5. The van der Waals surface area contributed by atoms with Crippen LogP contribution in [0.25, 0.3) is 0 Å². The predicted molar refractivity (Wildman–Crippen MR) is 88.9 cm³/mol. The lowest BCUT2D eigenvalue weighted by atomic mass is 10.2. The van der Waals surface area contributed by atoms with Crippen molar-refractivity contribution in [3.63, 3.8) is 0 Å². The van der Waals surface area contributed by atoms with Crippen LogP contribution in [0.5, 0.6) is 0 Å². The SMILES string of the molecule is O=C(Nc1ccnc(Nc2ccncn2)c1)c1c(F)cccc1Cl. The molecule has 0 aliphatic heterocycles. The summed E-state index contributed by atoms with van der Waals surface area (Å²) in [6.07, 6.45) is 4.48. The Labute approximate surface area is 141 Å². The van der Waals surface area contributed by atoms with Gasteiger partial charge in [0.05, 0.1) is 10.6 Å². The van der Waals surface area contributed by atoms with Gasteiger partial charge in [-0.15, -0.1) is 0 Å². The lowest BCUT2D eigenvalue weighted by Gasteiger charge is -2.09. The van der Waals surface area contributed by atoms with E-state index in [0.29, 0.717) is 17.3 Å². The Kier molecular flexibility index (Phi) is 4.62. The van der Waals surface area contributed by atoms with Gasteiger partial charge in [0, 0.05) is 24.1 Å². The Morgan fingerprint density at radius 2 is 1.96 bits per heavy atom. The average molecular weight is 344 g/mol. The number of carbonyl (C=O) groups excluding carboxylic acids is 1. The molecule has 3 rings (SSSR count). The summed E-state index contributed by atoms with van der Waals surface area (Å²) in [5, 5.41) is 5.60. The molecule has 120 valence electrons. The molecule has 0 saturated heterocycles. The van der Waals surface area contributed by atoms with E-state index in [1.165, 1.54) is 30.7 Å². The average Bonchev–Trinajstić information content (AvgIpc) is 2.56. The van der Waals surface area contributed by atoms with Crippen molar-refractivity contribution in [2.45, 2.75) is 0 Å². The molecule has 0 aliphatic carbocycles. The highest BCUT2D eigenvalue weighted by molar-refractivity contribution is 6.34. The summed E-state index contributed by atoms with van der Waals surface area (Å²) in [6.45, 7) is 0. The maximum atomic E-state index is 13.8. The number of aromatic nitrogens is 3. The van der Waals surface area contributed by atoms with Gasteiger partial charge in [0.15, 0.2) is 0 Å². The minimum atomic E-state index is -0.687. The van der Waals surface area contributed by atoms with Crippen molar-refractivity contribution in [2.24, 2.45) is 0 Å². The molecule has 8 heteroatoms. The summed E-state index contributed by atoms with van der Waals surface area (Å²) in [7, 11) is 0. The molecule has 6 nitrogen and oxygen atoms in total. The molecule has 0 bridgehead atoms. The van der Waals surface area contributed by atoms with E-state index in [-0.39, 0.29) is 10.6 Å². The van der Waals surface area contributed by atoms with Crippen molar-refractivity contribution in [1.29, 1.82) is 0 Å². The van der Waals surface area contributed by atoms with Crippen LogP contribution >= 0.6 is 11.6 Å². The Bertz CT molecular complexity index is 855. The minimum absolute atomic E-state index is 0.0425. The highest BCUT2D eigenvalue weighted by Crippen LogP contribution is 2.21. The van der Waals surface area contributed by atoms with E-state index < -0.39 is 11.7 Å². The second kappa shape index (κ2) is 7.01. The lowest BCUT2D eigenvalue weighted by molar-refractivity contribution is 0.102. The smallest absolute Gasteiger partial charge is 0.260 e.